The summed E-state index contributed by atoms with van der Waals surface area (Å²) in [6.07, 6.45) is 3.09. The number of carbonyl (C=O) groups excluding carboxylic acids is 1. The van der Waals surface area contributed by atoms with Gasteiger partial charge in [0, 0.05) is 12.1 Å². The highest BCUT2D eigenvalue weighted by Crippen LogP contribution is 2.15. The smallest absolute Gasteiger partial charge is 0.271 e. The van der Waals surface area contributed by atoms with Gasteiger partial charge in [-0.1, -0.05) is 11.6 Å². The van der Waals surface area contributed by atoms with Crippen LogP contribution < -0.4 is 11.1 Å². The van der Waals surface area contributed by atoms with E-state index in [0.717, 1.165) is 5.56 Å². The Morgan fingerprint density at radius 3 is 3.00 bits per heavy atom. The van der Waals surface area contributed by atoms with Crippen molar-refractivity contribution in [1.29, 1.82) is 0 Å². The highest BCUT2D eigenvalue weighted by molar-refractivity contribution is 6.33. The number of nitrogens with zero attached hydrogens (tertiary/aromatic N) is 1. The zero-order valence-electron chi connectivity index (χ0n) is 8.81. The summed E-state index contributed by atoms with van der Waals surface area (Å²) >= 11 is 5.85. The summed E-state index contributed by atoms with van der Waals surface area (Å²) in [5.41, 5.74) is 6.47. The molecule has 17 heavy (non-hydrogen) atoms. The van der Waals surface area contributed by atoms with Crippen LogP contribution in [0.15, 0.2) is 35.1 Å². The first kappa shape index (κ1) is 11.5. The van der Waals surface area contributed by atoms with E-state index in [4.69, 9.17) is 21.8 Å². The van der Waals surface area contributed by atoms with Crippen LogP contribution >= 0.6 is 11.6 Å². The SMILES string of the molecule is Nc1ccc(Cl)c(C(=O)NCc2ccoc2)n1. The normalized spacial score (nSPS) is 10.2. The molecular formula is C11H10ClN3O2. The lowest BCUT2D eigenvalue weighted by Crippen LogP contribution is -2.24. The first-order chi connectivity index (χ1) is 8.16. The molecule has 5 nitrogen and oxygen atoms in total. The van der Waals surface area contributed by atoms with Crippen LogP contribution in [0.25, 0.3) is 0 Å². The minimum absolute atomic E-state index is 0.121. The molecule has 0 aromatic carbocycles. The van der Waals surface area contributed by atoms with Crippen LogP contribution in [0.5, 0.6) is 0 Å². The van der Waals surface area contributed by atoms with E-state index in [-0.39, 0.29) is 22.4 Å². The molecule has 0 spiro atoms. The largest absolute Gasteiger partial charge is 0.472 e. The molecular weight excluding hydrogens is 242 g/mol. The van der Waals surface area contributed by atoms with E-state index in [1.165, 1.54) is 18.4 Å². The van der Waals surface area contributed by atoms with Crippen LogP contribution in [0.1, 0.15) is 16.1 Å². The van der Waals surface area contributed by atoms with Crippen molar-refractivity contribution in [1.82, 2.24) is 10.3 Å². The highest BCUT2D eigenvalue weighted by Gasteiger charge is 2.12. The van der Waals surface area contributed by atoms with Crippen LogP contribution in [0.2, 0.25) is 5.02 Å². The van der Waals surface area contributed by atoms with Crippen molar-refractivity contribution >= 4 is 23.3 Å². The monoisotopic (exact) mass is 251 g/mol. The molecule has 2 heterocycles. The van der Waals surface area contributed by atoms with Crippen LogP contribution in [-0.4, -0.2) is 10.9 Å². The van der Waals surface area contributed by atoms with Gasteiger partial charge >= 0.3 is 0 Å². The summed E-state index contributed by atoms with van der Waals surface area (Å²) in [5.74, 6) is -0.119. The molecule has 0 aliphatic rings. The van der Waals surface area contributed by atoms with Crippen molar-refractivity contribution in [2.45, 2.75) is 6.54 Å². The molecule has 0 unspecified atom stereocenters. The second-order valence-electron chi connectivity index (χ2n) is 3.38. The Labute approximate surface area is 103 Å². The minimum Gasteiger partial charge on any atom is -0.472 e. The molecule has 0 bridgehead atoms. The van der Waals surface area contributed by atoms with E-state index in [0.29, 0.717) is 6.54 Å². The Kier molecular flexibility index (Phi) is 3.30. The third kappa shape index (κ3) is 2.76. The average Bonchev–Trinajstić information content (AvgIpc) is 2.82. The fourth-order valence-electron chi connectivity index (χ4n) is 1.28. The number of carbonyl (C=O) groups is 1. The van der Waals surface area contributed by atoms with E-state index in [9.17, 15) is 4.79 Å². The lowest BCUT2D eigenvalue weighted by atomic mass is 10.3. The lowest BCUT2D eigenvalue weighted by molar-refractivity contribution is 0.0946. The first-order valence-corrected chi connectivity index (χ1v) is 5.26. The Balaban J connectivity index is 2.07. The molecule has 88 valence electrons. The number of hydrogen-bond donors (Lipinski definition) is 2. The van der Waals surface area contributed by atoms with Gasteiger partial charge in [-0.05, 0) is 18.2 Å². The van der Waals surface area contributed by atoms with Crippen LogP contribution in [0, 0.1) is 0 Å². The number of pyridine rings is 1. The van der Waals surface area contributed by atoms with Gasteiger partial charge < -0.3 is 15.5 Å². The van der Waals surface area contributed by atoms with Crippen molar-refractivity contribution in [3.63, 3.8) is 0 Å². The summed E-state index contributed by atoms with van der Waals surface area (Å²) < 4.78 is 4.88. The van der Waals surface area contributed by atoms with Crippen molar-refractivity contribution < 1.29 is 9.21 Å². The van der Waals surface area contributed by atoms with Gasteiger partial charge in [-0.3, -0.25) is 4.79 Å². The fraction of sp³-hybridized carbons (Fsp3) is 0.0909. The predicted molar refractivity (Wildman–Crippen MR) is 63.5 cm³/mol. The quantitative estimate of drug-likeness (QED) is 0.872. The van der Waals surface area contributed by atoms with E-state index < -0.39 is 0 Å². The molecule has 6 heteroatoms. The standard InChI is InChI=1S/C11H10ClN3O2/c12-8-1-2-9(13)15-10(8)11(16)14-5-7-3-4-17-6-7/h1-4,6H,5H2,(H2,13,15)(H,14,16). The van der Waals surface area contributed by atoms with Gasteiger partial charge in [-0.2, -0.15) is 0 Å². The summed E-state index contributed by atoms with van der Waals surface area (Å²) in [6, 6.07) is 4.83. The van der Waals surface area contributed by atoms with Crippen molar-refractivity contribution in [2.75, 3.05) is 5.73 Å². The van der Waals surface area contributed by atoms with E-state index in [1.807, 2.05) is 0 Å². The number of rotatable bonds is 3. The molecule has 2 rings (SSSR count). The Hall–Kier alpha value is -2.01. The van der Waals surface area contributed by atoms with Gasteiger partial charge in [0.2, 0.25) is 0 Å². The number of nitrogens with two attached hydrogens (primary N) is 1. The second-order valence-corrected chi connectivity index (χ2v) is 3.79. The second kappa shape index (κ2) is 4.88. The third-order valence-corrected chi connectivity index (χ3v) is 2.42. The molecule has 0 saturated carbocycles. The summed E-state index contributed by atoms with van der Waals surface area (Å²) in [7, 11) is 0. The average molecular weight is 252 g/mol. The number of nitrogens with one attached hydrogen (secondary N) is 1. The Morgan fingerprint density at radius 1 is 1.47 bits per heavy atom. The molecule has 0 radical (unpaired) electrons. The maximum atomic E-state index is 11.8. The number of hydrogen-bond acceptors (Lipinski definition) is 4. The zero-order valence-corrected chi connectivity index (χ0v) is 9.57. The summed E-state index contributed by atoms with van der Waals surface area (Å²) in [5, 5.41) is 2.94. The molecule has 0 atom stereocenters. The maximum Gasteiger partial charge on any atom is 0.271 e. The van der Waals surface area contributed by atoms with E-state index >= 15 is 0 Å². The number of halogens is 1. The molecule has 0 aliphatic carbocycles. The van der Waals surface area contributed by atoms with Gasteiger partial charge in [0.05, 0.1) is 17.5 Å². The van der Waals surface area contributed by atoms with E-state index in [2.05, 4.69) is 10.3 Å². The molecule has 0 aliphatic heterocycles. The van der Waals surface area contributed by atoms with Gasteiger partial charge in [-0.15, -0.1) is 0 Å². The van der Waals surface area contributed by atoms with Crippen LogP contribution in [0.3, 0.4) is 0 Å². The number of aromatic nitrogens is 1. The van der Waals surface area contributed by atoms with Gasteiger partial charge in [-0.25, -0.2) is 4.98 Å². The third-order valence-electron chi connectivity index (χ3n) is 2.12. The molecule has 3 N–H and O–H groups in total. The minimum atomic E-state index is -0.372. The molecule has 1 amide bonds. The number of furan rings is 1. The number of amides is 1. The van der Waals surface area contributed by atoms with Gasteiger partial charge in [0.15, 0.2) is 0 Å². The zero-order chi connectivity index (χ0) is 12.3. The fourth-order valence-corrected chi connectivity index (χ4v) is 1.47. The summed E-state index contributed by atoms with van der Waals surface area (Å²) in [4.78, 5) is 15.7. The first-order valence-electron chi connectivity index (χ1n) is 4.88. The Morgan fingerprint density at radius 2 is 2.29 bits per heavy atom. The van der Waals surface area contributed by atoms with Gasteiger partial charge in [0.25, 0.3) is 5.91 Å². The van der Waals surface area contributed by atoms with Crippen LogP contribution in [0.4, 0.5) is 5.82 Å². The number of anilines is 1. The summed E-state index contributed by atoms with van der Waals surface area (Å²) in [6.45, 7) is 0.349. The number of nitrogen functional groups attached to an aromatic ring is 1. The van der Waals surface area contributed by atoms with Crippen molar-refractivity contribution in [2.24, 2.45) is 0 Å². The molecule has 2 aromatic heterocycles. The van der Waals surface area contributed by atoms with Crippen LogP contribution in [-0.2, 0) is 6.54 Å². The van der Waals surface area contributed by atoms with Gasteiger partial charge in [0.1, 0.15) is 11.5 Å². The molecule has 0 saturated heterocycles. The molecule has 2 aromatic rings. The van der Waals surface area contributed by atoms with Crippen molar-refractivity contribution in [3.05, 3.63) is 47.0 Å². The topological polar surface area (TPSA) is 81.2 Å². The maximum absolute atomic E-state index is 11.8. The predicted octanol–water partition coefficient (Wildman–Crippen LogP) is 1.84. The Bertz CT molecular complexity index is 526. The van der Waals surface area contributed by atoms with Crippen molar-refractivity contribution in [3.8, 4) is 0 Å². The lowest BCUT2D eigenvalue weighted by Gasteiger charge is -2.05. The molecule has 0 fully saturated rings. The van der Waals surface area contributed by atoms with E-state index in [1.54, 1.807) is 12.3 Å². The highest BCUT2D eigenvalue weighted by atomic mass is 35.5.